The van der Waals surface area contributed by atoms with Gasteiger partial charge in [0, 0.05) is 19.2 Å². The van der Waals surface area contributed by atoms with Crippen molar-refractivity contribution in [2.75, 3.05) is 13.7 Å². The smallest absolute Gasteiger partial charge is 0.245 e. The van der Waals surface area contributed by atoms with Gasteiger partial charge in [-0.2, -0.15) is 5.26 Å². The molecule has 0 saturated heterocycles. The molecule has 154 valence electrons. The Morgan fingerprint density at radius 3 is 2.43 bits per heavy atom. The summed E-state index contributed by atoms with van der Waals surface area (Å²) in [5.41, 5.74) is 2.30. The molecule has 0 radical (unpaired) electrons. The molecule has 1 atom stereocenters. The maximum Gasteiger partial charge on any atom is 0.245 e. The van der Waals surface area contributed by atoms with Crippen molar-refractivity contribution in [3.05, 3.63) is 84.0 Å². The zero-order chi connectivity index (χ0) is 21.9. The van der Waals surface area contributed by atoms with E-state index in [2.05, 4.69) is 18.0 Å². The van der Waals surface area contributed by atoms with E-state index in [0.717, 1.165) is 16.9 Å². The molecule has 0 aromatic heterocycles. The number of amides is 2. The minimum atomic E-state index is -0.698. The lowest BCUT2D eigenvalue weighted by Gasteiger charge is -2.25. The fraction of sp³-hybridized carbons (Fsp3) is 0.208. The van der Waals surface area contributed by atoms with E-state index < -0.39 is 6.04 Å². The fourth-order valence-electron chi connectivity index (χ4n) is 2.78. The van der Waals surface area contributed by atoms with E-state index in [1.165, 1.54) is 6.08 Å². The van der Waals surface area contributed by atoms with E-state index >= 15 is 0 Å². The lowest BCUT2D eigenvalue weighted by atomic mass is 10.1. The number of nitrogens with zero attached hydrogens (tertiary/aromatic N) is 2. The fourth-order valence-corrected chi connectivity index (χ4v) is 2.78. The van der Waals surface area contributed by atoms with Crippen LogP contribution < -0.4 is 10.1 Å². The Balaban J connectivity index is 1.97. The van der Waals surface area contributed by atoms with Crippen LogP contribution in [0.1, 0.15) is 23.6 Å². The topological polar surface area (TPSA) is 82.4 Å². The number of benzene rings is 2. The largest absolute Gasteiger partial charge is 0.497 e. The second-order valence-electron chi connectivity index (χ2n) is 6.65. The first-order valence-electron chi connectivity index (χ1n) is 9.48. The summed E-state index contributed by atoms with van der Waals surface area (Å²) in [5, 5.41) is 11.6. The summed E-state index contributed by atoms with van der Waals surface area (Å²) in [5.74, 6) is 0.162. The number of ether oxygens (including phenoxy) is 1. The summed E-state index contributed by atoms with van der Waals surface area (Å²) in [7, 11) is 1.59. The van der Waals surface area contributed by atoms with E-state index in [0.29, 0.717) is 18.7 Å². The Kier molecular flexibility index (Phi) is 8.40. The number of methoxy groups -OCH3 is 1. The van der Waals surface area contributed by atoms with Gasteiger partial charge < -0.3 is 15.0 Å². The second kappa shape index (κ2) is 11.2. The second-order valence-corrected chi connectivity index (χ2v) is 6.65. The van der Waals surface area contributed by atoms with Gasteiger partial charge >= 0.3 is 0 Å². The van der Waals surface area contributed by atoms with Gasteiger partial charge in [-0.15, -0.1) is 6.58 Å². The number of carbonyl (C=O) groups is 2. The van der Waals surface area contributed by atoms with Crippen LogP contribution in [0.25, 0.3) is 6.08 Å². The molecule has 0 fully saturated rings. The van der Waals surface area contributed by atoms with Gasteiger partial charge in [-0.05, 0) is 48.4 Å². The van der Waals surface area contributed by atoms with Gasteiger partial charge in [0.25, 0.3) is 0 Å². The molecule has 30 heavy (non-hydrogen) atoms. The number of carbonyl (C=O) groups excluding carboxylic acids is 2. The predicted molar refractivity (Wildman–Crippen MR) is 116 cm³/mol. The van der Waals surface area contributed by atoms with E-state index in [-0.39, 0.29) is 11.8 Å². The lowest BCUT2D eigenvalue weighted by molar-refractivity contribution is -0.135. The molecule has 6 nitrogen and oxygen atoms in total. The molecular weight excluding hydrogens is 378 g/mol. The molecule has 0 aliphatic rings. The van der Waals surface area contributed by atoms with Crippen LogP contribution in [0.15, 0.2) is 67.3 Å². The average molecular weight is 403 g/mol. The van der Waals surface area contributed by atoms with Gasteiger partial charge in [0.2, 0.25) is 11.8 Å². The molecule has 0 heterocycles. The normalized spacial score (nSPS) is 11.4. The van der Waals surface area contributed by atoms with Crippen LogP contribution in [0.5, 0.6) is 5.75 Å². The zero-order valence-electron chi connectivity index (χ0n) is 17.2. The van der Waals surface area contributed by atoms with Crippen LogP contribution >= 0.6 is 0 Å². The van der Waals surface area contributed by atoms with Gasteiger partial charge in [0.1, 0.15) is 11.8 Å². The molecule has 2 rings (SSSR count). The number of rotatable bonds is 9. The maximum absolute atomic E-state index is 12.8. The molecule has 2 aromatic rings. The van der Waals surface area contributed by atoms with E-state index in [1.807, 2.05) is 24.3 Å². The number of hydrogen-bond acceptors (Lipinski definition) is 4. The molecule has 0 aliphatic carbocycles. The van der Waals surface area contributed by atoms with Crippen LogP contribution in [0.3, 0.4) is 0 Å². The molecule has 0 aliphatic heterocycles. The van der Waals surface area contributed by atoms with Crippen molar-refractivity contribution in [3.63, 3.8) is 0 Å². The van der Waals surface area contributed by atoms with Crippen LogP contribution in [0.2, 0.25) is 0 Å². The first kappa shape index (κ1) is 22.4. The third kappa shape index (κ3) is 6.64. The van der Waals surface area contributed by atoms with Gasteiger partial charge in [0.05, 0.1) is 18.7 Å². The Hall–Kier alpha value is -3.85. The van der Waals surface area contributed by atoms with Crippen molar-refractivity contribution in [2.24, 2.45) is 0 Å². The van der Waals surface area contributed by atoms with Crippen LogP contribution in [0, 0.1) is 11.3 Å². The standard InChI is InChI=1S/C24H25N3O3/c1-4-15-27(17-21-7-5-20(16-25)6-8-21)24(29)18(2)26-23(28)14-11-19-9-12-22(30-3)13-10-19/h4-14,18H,1,15,17H2,2-3H3,(H,26,28)/b14-11+. The minimum Gasteiger partial charge on any atom is -0.497 e. The highest BCUT2D eigenvalue weighted by molar-refractivity contribution is 5.95. The van der Waals surface area contributed by atoms with Crippen molar-refractivity contribution in [3.8, 4) is 11.8 Å². The Labute approximate surface area is 177 Å². The molecule has 0 saturated carbocycles. The molecule has 2 aromatic carbocycles. The summed E-state index contributed by atoms with van der Waals surface area (Å²) in [6.07, 6.45) is 4.70. The minimum absolute atomic E-state index is 0.217. The molecular formula is C24H25N3O3. The number of nitrogens with one attached hydrogen (secondary N) is 1. The predicted octanol–water partition coefficient (Wildman–Crippen LogP) is 3.30. The molecule has 0 bridgehead atoms. The Morgan fingerprint density at radius 1 is 1.20 bits per heavy atom. The Bertz CT molecular complexity index is 941. The molecule has 0 spiro atoms. The summed E-state index contributed by atoms with van der Waals surface area (Å²) < 4.78 is 5.10. The van der Waals surface area contributed by atoms with Crippen LogP contribution in [0.4, 0.5) is 0 Å². The SMILES string of the molecule is C=CCN(Cc1ccc(C#N)cc1)C(=O)C(C)NC(=O)/C=C/c1ccc(OC)cc1. The third-order valence-corrected chi connectivity index (χ3v) is 4.39. The Morgan fingerprint density at radius 2 is 1.87 bits per heavy atom. The maximum atomic E-state index is 12.8. The molecule has 6 heteroatoms. The van der Waals surface area contributed by atoms with Gasteiger partial charge in [-0.1, -0.05) is 30.3 Å². The van der Waals surface area contributed by atoms with Gasteiger partial charge in [-0.3, -0.25) is 9.59 Å². The van der Waals surface area contributed by atoms with Crippen LogP contribution in [-0.4, -0.2) is 36.4 Å². The lowest BCUT2D eigenvalue weighted by Crippen LogP contribution is -2.46. The summed E-state index contributed by atoms with van der Waals surface area (Å²) in [6, 6.07) is 15.7. The first-order chi connectivity index (χ1) is 14.5. The highest BCUT2D eigenvalue weighted by atomic mass is 16.5. The van der Waals surface area contributed by atoms with Gasteiger partial charge in [0.15, 0.2) is 0 Å². The zero-order valence-corrected chi connectivity index (χ0v) is 17.2. The summed E-state index contributed by atoms with van der Waals surface area (Å²) >= 11 is 0. The molecule has 1 unspecified atom stereocenters. The van der Waals surface area contributed by atoms with Crippen molar-refractivity contribution < 1.29 is 14.3 Å². The van der Waals surface area contributed by atoms with Crippen molar-refractivity contribution >= 4 is 17.9 Å². The van der Waals surface area contributed by atoms with Crippen molar-refractivity contribution in [1.29, 1.82) is 5.26 Å². The van der Waals surface area contributed by atoms with Crippen molar-refractivity contribution in [2.45, 2.75) is 19.5 Å². The highest BCUT2D eigenvalue weighted by Crippen LogP contribution is 2.12. The van der Waals surface area contributed by atoms with Crippen molar-refractivity contribution in [1.82, 2.24) is 10.2 Å². The monoisotopic (exact) mass is 403 g/mol. The molecule has 1 N–H and O–H groups in total. The molecule has 2 amide bonds. The number of hydrogen-bond donors (Lipinski definition) is 1. The van der Waals surface area contributed by atoms with E-state index in [4.69, 9.17) is 10.00 Å². The summed E-state index contributed by atoms with van der Waals surface area (Å²) in [4.78, 5) is 26.6. The van der Waals surface area contributed by atoms with E-state index in [9.17, 15) is 9.59 Å². The third-order valence-electron chi connectivity index (χ3n) is 4.39. The number of nitriles is 1. The van der Waals surface area contributed by atoms with Crippen LogP contribution in [-0.2, 0) is 16.1 Å². The highest BCUT2D eigenvalue weighted by Gasteiger charge is 2.21. The summed E-state index contributed by atoms with van der Waals surface area (Å²) in [6.45, 7) is 6.06. The quantitative estimate of drug-likeness (QED) is 0.514. The average Bonchev–Trinajstić information content (AvgIpc) is 2.77. The first-order valence-corrected chi connectivity index (χ1v) is 9.48. The van der Waals surface area contributed by atoms with Gasteiger partial charge in [-0.25, -0.2) is 0 Å². The van der Waals surface area contributed by atoms with E-state index in [1.54, 1.807) is 55.4 Å².